The molecule has 0 amide bonds. The predicted octanol–water partition coefficient (Wildman–Crippen LogP) is 14.1. The van der Waals surface area contributed by atoms with Crippen LogP contribution in [0.3, 0.4) is 0 Å². The first-order chi connectivity index (χ1) is 39.2. The molecule has 2 N–H and O–H groups in total. The number of anilines is 4. The summed E-state index contributed by atoms with van der Waals surface area (Å²) in [6, 6.07) is 34.6. The molecular weight excluding hydrogens is 1060 g/mol. The lowest BCUT2D eigenvalue weighted by atomic mass is 10.1. The molecule has 0 saturated carbocycles. The summed E-state index contributed by atoms with van der Waals surface area (Å²) in [5.41, 5.74) is 6.95. The molecule has 2 aromatic heterocycles. The Kier molecular flexibility index (Phi) is 20.1. The van der Waals surface area contributed by atoms with Gasteiger partial charge in [-0.25, -0.2) is 28.7 Å². The molecule has 0 spiro atoms. The van der Waals surface area contributed by atoms with E-state index in [1.54, 1.807) is 62.4 Å². The number of ether oxygens (including phenoxy) is 4. The first-order valence-electron chi connectivity index (χ1n) is 26.0. The molecule has 80 heavy (non-hydrogen) atoms. The van der Waals surface area contributed by atoms with E-state index in [-0.39, 0.29) is 37.1 Å². The van der Waals surface area contributed by atoms with Crippen molar-refractivity contribution in [2.24, 2.45) is 10.3 Å². The van der Waals surface area contributed by atoms with E-state index in [0.29, 0.717) is 80.3 Å². The van der Waals surface area contributed by atoms with Crippen molar-refractivity contribution in [1.29, 1.82) is 0 Å². The van der Waals surface area contributed by atoms with Gasteiger partial charge in [0.2, 0.25) is 0 Å². The zero-order chi connectivity index (χ0) is 55.5. The van der Waals surface area contributed by atoms with E-state index in [0.717, 1.165) is 84.7 Å². The number of benzene rings is 6. The number of hydrogen-bond donors (Lipinski definition) is 2. The molecule has 0 unspecified atom stereocenters. The van der Waals surface area contributed by atoms with E-state index in [9.17, 15) is 8.78 Å². The minimum atomic E-state index is -0.311. The van der Waals surface area contributed by atoms with Crippen molar-refractivity contribution < 1.29 is 37.4 Å². The normalized spacial score (nSPS) is 15.3. The molecule has 0 aliphatic carbocycles. The maximum absolute atomic E-state index is 13.5. The van der Waals surface area contributed by atoms with Crippen molar-refractivity contribution in [2.45, 2.75) is 77.8 Å². The van der Waals surface area contributed by atoms with Crippen LogP contribution in [0.25, 0.3) is 21.8 Å². The molecule has 4 heterocycles. The zero-order valence-corrected chi connectivity index (χ0v) is 45.5. The predicted molar refractivity (Wildman–Crippen MR) is 309 cm³/mol. The third-order valence-electron chi connectivity index (χ3n) is 12.6. The van der Waals surface area contributed by atoms with Gasteiger partial charge in [0, 0.05) is 46.5 Å². The fourth-order valence-electron chi connectivity index (χ4n) is 8.63. The molecule has 2 saturated heterocycles. The molecule has 14 nitrogen and oxygen atoms in total. The summed E-state index contributed by atoms with van der Waals surface area (Å²) < 4.78 is 49.9. The number of rotatable bonds is 18. The lowest BCUT2D eigenvalue weighted by Gasteiger charge is -2.21. The highest BCUT2D eigenvalue weighted by molar-refractivity contribution is 6.32. The molecule has 2 aliphatic rings. The molecule has 2 fully saturated rings. The Bertz CT molecular complexity index is 3390. The molecule has 6 aromatic carbocycles. The average molecular weight is 1120 g/mol. The van der Waals surface area contributed by atoms with Gasteiger partial charge in [0.1, 0.15) is 73.9 Å². The number of fused-ring (bicyclic) bond motifs is 2. The molecule has 408 valence electrons. The second-order valence-corrected chi connectivity index (χ2v) is 19.3. The van der Waals surface area contributed by atoms with Crippen molar-refractivity contribution in [3.05, 3.63) is 178 Å². The lowest BCUT2D eigenvalue weighted by Crippen LogP contribution is -2.23. The van der Waals surface area contributed by atoms with Crippen LogP contribution in [0.5, 0.6) is 11.5 Å². The van der Waals surface area contributed by atoms with Crippen LogP contribution < -0.4 is 20.1 Å². The number of nitrogens with one attached hydrogen (secondary N) is 2. The summed E-state index contributed by atoms with van der Waals surface area (Å²) in [6.45, 7) is 6.21. The number of nitrogens with zero attached hydrogens (tertiary/aromatic N) is 6. The zero-order valence-electron chi connectivity index (χ0n) is 44.0. The summed E-state index contributed by atoms with van der Waals surface area (Å²) in [5.74, 6) is 13.4. The monoisotopic (exact) mass is 1120 g/mol. The van der Waals surface area contributed by atoms with Crippen LogP contribution in [0.15, 0.2) is 144 Å². The molecule has 18 heteroatoms. The highest BCUT2D eigenvalue weighted by atomic mass is 35.5. The summed E-state index contributed by atoms with van der Waals surface area (Å²) in [7, 11) is 0. The van der Waals surface area contributed by atoms with Gasteiger partial charge in [-0.3, -0.25) is 0 Å². The number of hydrogen-bond acceptors (Lipinski definition) is 14. The topological polar surface area (TPSA) is 156 Å². The van der Waals surface area contributed by atoms with Crippen molar-refractivity contribution in [1.82, 2.24) is 19.9 Å². The minimum absolute atomic E-state index is 0.0547. The molecule has 10 rings (SSSR count). The summed E-state index contributed by atoms with van der Waals surface area (Å²) in [4.78, 5) is 29.0. The van der Waals surface area contributed by atoms with Crippen molar-refractivity contribution >= 4 is 79.4 Å². The third kappa shape index (κ3) is 15.9. The molecule has 2 atom stereocenters. The number of oxime groups is 2. The van der Waals surface area contributed by atoms with Crippen molar-refractivity contribution in [3.63, 3.8) is 0 Å². The van der Waals surface area contributed by atoms with Crippen LogP contribution in [-0.4, -0.2) is 70.0 Å². The highest BCUT2D eigenvalue weighted by Crippen LogP contribution is 2.33. The van der Waals surface area contributed by atoms with E-state index in [1.807, 2.05) is 48.5 Å². The Morgan fingerprint density at radius 1 is 0.575 bits per heavy atom. The van der Waals surface area contributed by atoms with Crippen LogP contribution in [0.4, 0.5) is 31.8 Å². The van der Waals surface area contributed by atoms with Crippen LogP contribution in [-0.2, 0) is 32.4 Å². The average Bonchev–Trinajstić information content (AvgIpc) is 3.50. The quantitative estimate of drug-likeness (QED) is 0.0477. The summed E-state index contributed by atoms with van der Waals surface area (Å²) in [6.07, 6.45) is 9.48. The first-order valence-corrected chi connectivity index (χ1v) is 26.8. The van der Waals surface area contributed by atoms with Crippen LogP contribution in [0.1, 0.15) is 74.6 Å². The Morgan fingerprint density at radius 2 is 1.04 bits per heavy atom. The van der Waals surface area contributed by atoms with Gasteiger partial charge >= 0.3 is 0 Å². The van der Waals surface area contributed by atoms with Crippen LogP contribution >= 0.6 is 23.2 Å². The standard InChI is InChI=1S/2C31H28ClFN4O3/c2*1-2-6-28(37-40-19-25-9-3-4-14-38-25)22-10-12-29-26(16-22)31(35-20-34-29)36-24-11-13-30(27(32)17-24)39-18-21-7-5-8-23(33)15-21/h2*5,7-8,10-13,15-17,20,25H,3-4,9,14,18-19H2,1H3,(H,34,35,36)/b2*37-28+/t2*25-/m10/s1. The van der Waals surface area contributed by atoms with Gasteiger partial charge in [0.05, 0.1) is 33.3 Å². The van der Waals surface area contributed by atoms with Crippen molar-refractivity contribution in [3.8, 4) is 35.2 Å². The molecular formula is C62H56Cl2F2N8O6. The smallest absolute Gasteiger partial charge is 0.159 e. The third-order valence-corrected chi connectivity index (χ3v) is 13.2. The Balaban J connectivity index is 0.000000194. The molecule has 0 radical (unpaired) electrons. The molecule has 8 aromatic rings. The molecule has 0 bridgehead atoms. The van der Waals surface area contributed by atoms with Gasteiger partial charge < -0.3 is 39.3 Å². The first kappa shape index (κ1) is 56.3. The Morgan fingerprint density at radius 3 is 1.44 bits per heavy atom. The fraction of sp³-hybridized carbons (Fsp3) is 0.258. The minimum Gasteiger partial charge on any atom is -0.487 e. The van der Waals surface area contributed by atoms with Crippen molar-refractivity contribution in [2.75, 3.05) is 37.1 Å². The maximum Gasteiger partial charge on any atom is 0.159 e. The second-order valence-electron chi connectivity index (χ2n) is 18.5. The van der Waals surface area contributed by atoms with Gasteiger partial charge in [0.15, 0.2) is 11.4 Å². The van der Waals surface area contributed by atoms with Gasteiger partial charge in [-0.1, -0.05) is 69.6 Å². The highest BCUT2D eigenvalue weighted by Gasteiger charge is 2.18. The van der Waals surface area contributed by atoms with Crippen LogP contribution in [0, 0.1) is 35.3 Å². The van der Waals surface area contributed by atoms with Crippen LogP contribution in [0.2, 0.25) is 10.0 Å². The summed E-state index contributed by atoms with van der Waals surface area (Å²) >= 11 is 13.0. The maximum atomic E-state index is 13.5. The summed E-state index contributed by atoms with van der Waals surface area (Å²) in [5, 5.41) is 17.6. The SMILES string of the molecule is CC#C/C(=N\OC[C@@H]1CCCCO1)c1ccc2ncnc(Nc3ccc(OCc4cccc(F)c4)c(Cl)c3)c2c1.CC#C/C(=N\OC[C@H]1CCCCO1)c1ccc2ncnc(Nc3ccc(OCc4cccc(F)c4)c(Cl)c3)c2c1. The van der Waals surface area contributed by atoms with E-state index in [4.69, 9.17) is 51.8 Å². The molecule has 2 aliphatic heterocycles. The van der Waals surface area contributed by atoms with Gasteiger partial charge in [-0.15, -0.1) is 0 Å². The van der Waals surface area contributed by atoms with E-state index < -0.39 is 0 Å². The Hall–Kier alpha value is -8.38. The van der Waals surface area contributed by atoms with E-state index >= 15 is 0 Å². The van der Waals surface area contributed by atoms with Gasteiger partial charge in [-0.2, -0.15) is 0 Å². The largest absolute Gasteiger partial charge is 0.487 e. The lowest BCUT2D eigenvalue weighted by molar-refractivity contribution is -0.0395. The van der Waals surface area contributed by atoms with Gasteiger partial charge in [0.25, 0.3) is 0 Å². The Labute approximate surface area is 472 Å². The van der Waals surface area contributed by atoms with E-state index in [2.05, 4.69) is 64.6 Å². The van der Waals surface area contributed by atoms with Gasteiger partial charge in [-0.05, 0) is 172 Å². The number of halogens is 4. The number of aromatic nitrogens is 4. The second kappa shape index (κ2) is 28.5. The fourth-order valence-corrected chi connectivity index (χ4v) is 9.10. The van der Waals surface area contributed by atoms with E-state index in [1.165, 1.54) is 36.9 Å².